The van der Waals surface area contributed by atoms with Gasteiger partial charge in [-0.3, -0.25) is 0 Å². The Morgan fingerprint density at radius 3 is 2.67 bits per heavy atom. The highest BCUT2D eigenvalue weighted by Gasteiger charge is 2.31. The Bertz CT molecular complexity index is 457. The molecule has 1 aromatic rings. The number of aliphatic hydroxyl groups is 1. The summed E-state index contributed by atoms with van der Waals surface area (Å²) in [7, 11) is 0. The van der Waals surface area contributed by atoms with Crippen LogP contribution in [0.3, 0.4) is 0 Å². The van der Waals surface area contributed by atoms with Gasteiger partial charge in [-0.1, -0.05) is 15.9 Å². The molecule has 3 nitrogen and oxygen atoms in total. The molecule has 0 amide bonds. The third kappa shape index (κ3) is 4.94. The van der Waals surface area contributed by atoms with Gasteiger partial charge in [0.15, 0.2) is 0 Å². The second kappa shape index (κ2) is 6.07. The lowest BCUT2D eigenvalue weighted by Crippen LogP contribution is -2.25. The van der Waals surface area contributed by atoms with E-state index in [9.17, 15) is 13.2 Å². The largest absolute Gasteiger partial charge is 0.489 e. The fourth-order valence-electron chi connectivity index (χ4n) is 1.22. The molecule has 7 heteroatoms. The Kier molecular flexibility index (Phi) is 4.99. The summed E-state index contributed by atoms with van der Waals surface area (Å²) in [4.78, 5) is 0. The summed E-state index contributed by atoms with van der Waals surface area (Å²) >= 11 is 3.15. The van der Waals surface area contributed by atoms with Crippen LogP contribution in [0.2, 0.25) is 0 Å². The lowest BCUT2D eigenvalue weighted by atomic mass is 10.2. The maximum Gasteiger partial charge on any atom is 0.391 e. The number of benzene rings is 1. The van der Waals surface area contributed by atoms with Crippen LogP contribution in [0.15, 0.2) is 22.7 Å². The number of hydrogen-bond acceptors (Lipinski definition) is 3. The van der Waals surface area contributed by atoms with Crippen LogP contribution in [0, 0.1) is 11.3 Å². The van der Waals surface area contributed by atoms with Crippen LogP contribution in [0.5, 0.6) is 5.75 Å². The fourth-order valence-corrected chi connectivity index (χ4v) is 1.56. The van der Waals surface area contributed by atoms with Gasteiger partial charge in [-0.15, -0.1) is 0 Å². The highest BCUT2D eigenvalue weighted by Crippen LogP contribution is 2.25. The minimum absolute atomic E-state index is 0.132. The van der Waals surface area contributed by atoms with Gasteiger partial charge in [-0.25, -0.2) is 0 Å². The minimum Gasteiger partial charge on any atom is -0.489 e. The van der Waals surface area contributed by atoms with Gasteiger partial charge < -0.3 is 9.84 Å². The third-order valence-corrected chi connectivity index (χ3v) is 2.46. The van der Waals surface area contributed by atoms with E-state index >= 15 is 0 Å². The number of halogens is 4. The number of rotatable bonds is 4. The number of nitrogens with zero attached hydrogens (tertiary/aromatic N) is 1. The predicted molar refractivity (Wildman–Crippen MR) is 61.0 cm³/mol. The number of aliphatic hydroxyl groups excluding tert-OH is 1. The smallest absolute Gasteiger partial charge is 0.391 e. The Morgan fingerprint density at radius 2 is 2.11 bits per heavy atom. The minimum atomic E-state index is -4.45. The molecule has 0 aliphatic rings. The van der Waals surface area contributed by atoms with E-state index in [1.807, 2.05) is 6.07 Å². The van der Waals surface area contributed by atoms with E-state index in [1.54, 1.807) is 6.07 Å². The summed E-state index contributed by atoms with van der Waals surface area (Å²) < 4.78 is 41.5. The van der Waals surface area contributed by atoms with Crippen LogP contribution in [0.1, 0.15) is 12.0 Å². The Morgan fingerprint density at radius 1 is 1.44 bits per heavy atom. The van der Waals surface area contributed by atoms with Crippen molar-refractivity contribution in [2.75, 3.05) is 6.61 Å². The molecule has 0 saturated carbocycles. The molecule has 0 aliphatic carbocycles. The molecule has 18 heavy (non-hydrogen) atoms. The van der Waals surface area contributed by atoms with Crippen LogP contribution < -0.4 is 4.74 Å². The van der Waals surface area contributed by atoms with E-state index in [4.69, 9.17) is 15.1 Å². The van der Waals surface area contributed by atoms with Crippen molar-refractivity contribution in [3.63, 3.8) is 0 Å². The van der Waals surface area contributed by atoms with Gasteiger partial charge in [0, 0.05) is 4.47 Å². The number of ether oxygens (including phenoxy) is 1. The number of alkyl halides is 3. The molecule has 1 N–H and O–H groups in total. The normalized spacial score (nSPS) is 12.9. The van der Waals surface area contributed by atoms with Crippen molar-refractivity contribution >= 4 is 15.9 Å². The zero-order valence-electron chi connectivity index (χ0n) is 9.04. The molecule has 98 valence electrons. The average Bonchev–Trinajstić information content (AvgIpc) is 2.24. The third-order valence-electron chi connectivity index (χ3n) is 1.96. The average molecular weight is 324 g/mol. The zero-order valence-corrected chi connectivity index (χ0v) is 10.6. The van der Waals surface area contributed by atoms with E-state index in [0.717, 1.165) is 0 Å². The summed E-state index contributed by atoms with van der Waals surface area (Å²) in [6, 6.07) is 6.38. The molecule has 0 heterocycles. The second-order valence-corrected chi connectivity index (χ2v) is 4.45. The Labute approximate surface area is 110 Å². The summed E-state index contributed by atoms with van der Waals surface area (Å²) in [5.74, 6) is 0.132. The highest BCUT2D eigenvalue weighted by atomic mass is 79.9. The van der Waals surface area contributed by atoms with Crippen molar-refractivity contribution in [2.24, 2.45) is 0 Å². The van der Waals surface area contributed by atoms with Gasteiger partial charge in [0.25, 0.3) is 0 Å². The van der Waals surface area contributed by atoms with E-state index in [1.165, 1.54) is 12.1 Å². The molecule has 0 aliphatic heterocycles. The van der Waals surface area contributed by atoms with E-state index in [2.05, 4.69) is 15.9 Å². The fraction of sp³-hybridized carbons (Fsp3) is 0.364. The van der Waals surface area contributed by atoms with Crippen molar-refractivity contribution in [2.45, 2.75) is 18.7 Å². The Hall–Kier alpha value is -1.26. The molecule has 1 aromatic carbocycles. The number of nitriles is 1. The number of hydrogen-bond donors (Lipinski definition) is 1. The zero-order chi connectivity index (χ0) is 13.8. The molecular formula is C11H9BrF3NO2. The van der Waals surface area contributed by atoms with Crippen LogP contribution >= 0.6 is 15.9 Å². The molecule has 1 atom stereocenters. The molecule has 1 rings (SSSR count). The first kappa shape index (κ1) is 14.8. The van der Waals surface area contributed by atoms with Gasteiger partial charge in [0.1, 0.15) is 18.4 Å². The van der Waals surface area contributed by atoms with E-state index in [-0.39, 0.29) is 11.3 Å². The van der Waals surface area contributed by atoms with Crippen LogP contribution in [0.4, 0.5) is 13.2 Å². The first-order chi connectivity index (χ1) is 8.31. The van der Waals surface area contributed by atoms with Crippen LogP contribution in [-0.2, 0) is 0 Å². The Balaban J connectivity index is 2.64. The molecule has 0 saturated heterocycles. The quantitative estimate of drug-likeness (QED) is 0.926. The molecular weight excluding hydrogens is 315 g/mol. The lowest BCUT2D eigenvalue weighted by molar-refractivity contribution is -0.156. The summed E-state index contributed by atoms with van der Waals surface area (Å²) in [5, 5.41) is 17.9. The first-order valence-electron chi connectivity index (χ1n) is 4.89. The highest BCUT2D eigenvalue weighted by molar-refractivity contribution is 9.10. The standard InChI is InChI=1S/C11H9BrF3NO2/c12-8-2-1-7(5-16)10(3-8)18-6-9(17)4-11(13,14)15/h1-3,9,17H,4,6H2. The molecule has 0 spiro atoms. The lowest BCUT2D eigenvalue weighted by Gasteiger charge is -2.14. The van der Waals surface area contributed by atoms with Gasteiger partial charge in [-0.2, -0.15) is 18.4 Å². The summed E-state index contributed by atoms with van der Waals surface area (Å²) in [6.07, 6.45) is -7.45. The first-order valence-corrected chi connectivity index (χ1v) is 5.68. The predicted octanol–water partition coefficient (Wildman–Crippen LogP) is 3.01. The van der Waals surface area contributed by atoms with Gasteiger partial charge in [0.05, 0.1) is 18.1 Å². The monoisotopic (exact) mass is 323 g/mol. The van der Waals surface area contributed by atoms with Crippen molar-refractivity contribution in [1.29, 1.82) is 5.26 Å². The van der Waals surface area contributed by atoms with Gasteiger partial charge >= 0.3 is 6.18 Å². The molecule has 0 bridgehead atoms. The van der Waals surface area contributed by atoms with Crippen molar-refractivity contribution in [3.05, 3.63) is 28.2 Å². The second-order valence-electron chi connectivity index (χ2n) is 3.54. The van der Waals surface area contributed by atoms with Crippen LogP contribution in [0.25, 0.3) is 0 Å². The molecule has 0 aromatic heterocycles. The van der Waals surface area contributed by atoms with Crippen LogP contribution in [-0.4, -0.2) is 24.0 Å². The maximum atomic E-state index is 12.0. The van der Waals surface area contributed by atoms with Crippen molar-refractivity contribution in [1.82, 2.24) is 0 Å². The molecule has 0 fully saturated rings. The SMILES string of the molecule is N#Cc1ccc(Br)cc1OCC(O)CC(F)(F)F. The summed E-state index contributed by atoms with van der Waals surface area (Å²) in [5.41, 5.74) is 0.192. The topological polar surface area (TPSA) is 53.2 Å². The summed E-state index contributed by atoms with van der Waals surface area (Å²) in [6.45, 7) is -0.523. The van der Waals surface area contributed by atoms with E-state index in [0.29, 0.717) is 4.47 Å². The van der Waals surface area contributed by atoms with E-state index < -0.39 is 25.3 Å². The van der Waals surface area contributed by atoms with Gasteiger partial charge in [0.2, 0.25) is 0 Å². The van der Waals surface area contributed by atoms with Crippen molar-refractivity contribution < 1.29 is 23.0 Å². The maximum absolute atomic E-state index is 12.0. The van der Waals surface area contributed by atoms with Gasteiger partial charge in [-0.05, 0) is 18.2 Å². The molecule has 1 unspecified atom stereocenters. The van der Waals surface area contributed by atoms with Crippen molar-refractivity contribution in [3.8, 4) is 11.8 Å². The molecule has 0 radical (unpaired) electrons.